The Morgan fingerprint density at radius 3 is 1.83 bits per heavy atom. The Balaban J connectivity index is 1.72. The minimum Gasteiger partial charge on any atom is -0.444 e. The number of urea groups is 1. The Hall–Kier alpha value is -3.92. The van der Waals surface area contributed by atoms with Crippen LogP contribution in [0, 0.1) is 5.92 Å². The fourth-order valence-electron chi connectivity index (χ4n) is 5.17. The summed E-state index contributed by atoms with van der Waals surface area (Å²) in [6, 6.07) is 18.5. The monoisotopic (exact) mass is 663 g/mol. The zero-order valence-electron chi connectivity index (χ0n) is 29.2. The average Bonchev–Trinajstić information content (AvgIpc) is 3.47. The molecule has 0 radical (unpaired) electrons. The van der Waals surface area contributed by atoms with E-state index in [1.165, 1.54) is 0 Å². The lowest BCUT2D eigenvalue weighted by Crippen LogP contribution is -2.54. The molecule has 3 rings (SSSR count). The molecule has 0 saturated heterocycles. The van der Waals surface area contributed by atoms with Gasteiger partial charge in [-0.15, -0.1) is 11.3 Å². The predicted octanol–water partition coefficient (Wildman–Crippen LogP) is 7.08. The fraction of sp³-hybridized carbons (Fsp3) is 0.514. The first-order chi connectivity index (χ1) is 22.2. The lowest BCUT2D eigenvalue weighted by Gasteiger charge is -2.29. The second-order valence-corrected chi connectivity index (χ2v) is 14.8. The summed E-state index contributed by atoms with van der Waals surface area (Å²) in [6.07, 6.45) is 1.98. The minimum absolute atomic E-state index is 0.142. The van der Waals surface area contributed by atoms with Gasteiger partial charge in [0.05, 0.1) is 17.2 Å². The van der Waals surface area contributed by atoms with E-state index in [1.54, 1.807) is 23.3 Å². The van der Waals surface area contributed by atoms with Crippen LogP contribution in [0.1, 0.15) is 89.1 Å². The predicted molar refractivity (Wildman–Crippen MR) is 189 cm³/mol. The summed E-state index contributed by atoms with van der Waals surface area (Å²) in [5, 5.41) is 12.3. The van der Waals surface area contributed by atoms with Gasteiger partial charge in [0.25, 0.3) is 0 Å². The summed E-state index contributed by atoms with van der Waals surface area (Å²) < 4.78 is 5.57. The van der Waals surface area contributed by atoms with Crippen molar-refractivity contribution < 1.29 is 19.1 Å². The van der Waals surface area contributed by atoms with E-state index in [-0.39, 0.29) is 29.9 Å². The molecule has 1 heterocycles. The van der Waals surface area contributed by atoms with Crippen molar-refractivity contribution in [2.75, 3.05) is 7.05 Å². The van der Waals surface area contributed by atoms with Gasteiger partial charge in [-0.3, -0.25) is 4.79 Å². The van der Waals surface area contributed by atoms with Gasteiger partial charge in [-0.1, -0.05) is 88.4 Å². The molecule has 0 aliphatic carbocycles. The summed E-state index contributed by atoms with van der Waals surface area (Å²) in [4.78, 5) is 46.0. The number of hydrogen-bond acceptors (Lipinski definition) is 6. The Bertz CT molecular complexity index is 1400. The SMILES string of the molecule is CC(C)c1nc(CN(C)C(=O)NC(C(=O)NC(CCC(Cc2ccccc2)NC(=O)OC(C)(C)C)Cc2ccccc2)C(C)C)cs1. The van der Waals surface area contributed by atoms with Crippen LogP contribution < -0.4 is 16.0 Å². The van der Waals surface area contributed by atoms with E-state index in [4.69, 9.17) is 4.74 Å². The maximum atomic E-state index is 13.8. The van der Waals surface area contributed by atoms with Crippen molar-refractivity contribution in [2.24, 2.45) is 5.92 Å². The molecule has 3 aromatic rings. The van der Waals surface area contributed by atoms with Crippen molar-refractivity contribution in [3.05, 3.63) is 87.9 Å². The molecular weight excluding hydrogens is 611 g/mol. The van der Waals surface area contributed by atoms with E-state index >= 15 is 0 Å². The highest BCUT2D eigenvalue weighted by Gasteiger charge is 2.28. The molecule has 3 unspecified atom stereocenters. The Morgan fingerprint density at radius 2 is 1.36 bits per heavy atom. The number of nitrogens with zero attached hydrogens (tertiary/aromatic N) is 2. The molecule has 3 N–H and O–H groups in total. The molecule has 0 bridgehead atoms. The van der Waals surface area contributed by atoms with E-state index in [9.17, 15) is 14.4 Å². The molecule has 0 fully saturated rings. The second-order valence-electron chi connectivity index (χ2n) is 13.9. The first-order valence-corrected chi connectivity index (χ1v) is 17.4. The van der Waals surface area contributed by atoms with Crippen LogP contribution in [-0.2, 0) is 28.9 Å². The number of benzene rings is 2. The molecule has 0 aliphatic rings. The van der Waals surface area contributed by atoms with Crippen molar-refractivity contribution in [1.29, 1.82) is 0 Å². The van der Waals surface area contributed by atoms with Crippen LogP contribution in [0.5, 0.6) is 0 Å². The smallest absolute Gasteiger partial charge is 0.407 e. The highest BCUT2D eigenvalue weighted by molar-refractivity contribution is 7.09. The average molecular weight is 664 g/mol. The molecule has 1 aromatic heterocycles. The number of aromatic nitrogens is 1. The largest absolute Gasteiger partial charge is 0.444 e. The number of amides is 4. The fourth-order valence-corrected chi connectivity index (χ4v) is 5.99. The summed E-state index contributed by atoms with van der Waals surface area (Å²) in [6.45, 7) is 13.9. The normalized spacial score (nSPS) is 13.5. The maximum Gasteiger partial charge on any atom is 0.407 e. The van der Waals surface area contributed by atoms with E-state index in [2.05, 4.69) is 34.8 Å². The van der Waals surface area contributed by atoms with Gasteiger partial charge < -0.3 is 25.6 Å². The zero-order chi connectivity index (χ0) is 34.6. The van der Waals surface area contributed by atoms with Crippen LogP contribution in [0.3, 0.4) is 0 Å². The van der Waals surface area contributed by atoms with E-state index in [1.807, 2.05) is 101 Å². The van der Waals surface area contributed by atoms with Crippen LogP contribution in [-0.4, -0.2) is 58.7 Å². The van der Waals surface area contributed by atoms with Gasteiger partial charge in [-0.05, 0) is 63.5 Å². The molecule has 10 heteroatoms. The van der Waals surface area contributed by atoms with Crippen molar-refractivity contribution in [2.45, 2.75) is 110 Å². The molecule has 4 amide bonds. The van der Waals surface area contributed by atoms with Gasteiger partial charge in [0.2, 0.25) is 5.91 Å². The first-order valence-electron chi connectivity index (χ1n) is 16.5. The molecule has 0 spiro atoms. The van der Waals surface area contributed by atoms with Crippen LogP contribution >= 0.6 is 11.3 Å². The number of ether oxygens (including phenoxy) is 1. The van der Waals surface area contributed by atoms with Gasteiger partial charge in [0, 0.05) is 30.4 Å². The van der Waals surface area contributed by atoms with Crippen LogP contribution in [0.15, 0.2) is 66.0 Å². The zero-order valence-corrected chi connectivity index (χ0v) is 30.0. The van der Waals surface area contributed by atoms with Crippen molar-refractivity contribution >= 4 is 29.4 Å². The third-order valence-corrected chi connectivity index (χ3v) is 8.81. The van der Waals surface area contributed by atoms with Gasteiger partial charge >= 0.3 is 12.1 Å². The lowest BCUT2D eigenvalue weighted by molar-refractivity contribution is -0.124. The minimum atomic E-state index is -0.732. The van der Waals surface area contributed by atoms with Crippen LogP contribution in [0.2, 0.25) is 0 Å². The number of hydrogen-bond donors (Lipinski definition) is 3. The molecule has 256 valence electrons. The molecule has 0 saturated carbocycles. The highest BCUT2D eigenvalue weighted by Crippen LogP contribution is 2.20. The molecule has 2 aromatic carbocycles. The van der Waals surface area contributed by atoms with E-state index in [0.717, 1.165) is 21.8 Å². The molecule has 47 heavy (non-hydrogen) atoms. The second kappa shape index (κ2) is 17.8. The molecule has 0 aliphatic heterocycles. The maximum absolute atomic E-state index is 13.8. The molecule has 9 nitrogen and oxygen atoms in total. The summed E-state index contributed by atoms with van der Waals surface area (Å²) in [5.41, 5.74) is 2.40. The number of carbonyl (C=O) groups is 3. The van der Waals surface area contributed by atoms with Crippen LogP contribution in [0.4, 0.5) is 9.59 Å². The number of thiazole rings is 1. The standard InChI is InChI=1S/C37H53N5O4S/c1-25(2)32(41-35(44)42(8)23-31-24-47-34(39-31)26(3)4)33(43)38-29(21-27-15-11-9-12-16-27)19-20-30(22-28-17-13-10-14-18-28)40-36(45)46-37(5,6)7/h9-18,24-26,29-30,32H,19-23H2,1-8H3,(H,38,43)(H,40,45)(H,41,44). The van der Waals surface area contributed by atoms with Gasteiger partial charge in [-0.25, -0.2) is 14.6 Å². The number of alkyl carbamates (subject to hydrolysis) is 1. The van der Waals surface area contributed by atoms with Gasteiger partial charge in [0.15, 0.2) is 0 Å². The highest BCUT2D eigenvalue weighted by atomic mass is 32.1. The lowest BCUT2D eigenvalue weighted by atomic mass is 9.95. The quantitative estimate of drug-likeness (QED) is 0.161. The van der Waals surface area contributed by atoms with E-state index in [0.29, 0.717) is 38.1 Å². The number of carbonyl (C=O) groups excluding carboxylic acids is 3. The summed E-state index contributed by atoms with van der Waals surface area (Å²) >= 11 is 1.59. The third kappa shape index (κ3) is 13.4. The molecular formula is C37H53N5O4S. The van der Waals surface area contributed by atoms with Gasteiger partial charge in [0.1, 0.15) is 11.6 Å². The van der Waals surface area contributed by atoms with Crippen LogP contribution in [0.25, 0.3) is 0 Å². The summed E-state index contributed by atoms with van der Waals surface area (Å²) in [7, 11) is 1.71. The van der Waals surface area contributed by atoms with E-state index < -0.39 is 17.7 Å². The van der Waals surface area contributed by atoms with Crippen molar-refractivity contribution in [3.63, 3.8) is 0 Å². The number of rotatable bonds is 15. The van der Waals surface area contributed by atoms with Crippen molar-refractivity contribution in [3.8, 4) is 0 Å². The van der Waals surface area contributed by atoms with Crippen molar-refractivity contribution in [1.82, 2.24) is 25.8 Å². The third-order valence-electron chi connectivity index (χ3n) is 7.62. The molecule has 3 atom stereocenters. The topological polar surface area (TPSA) is 113 Å². The first kappa shape index (κ1) is 37.5. The Morgan fingerprint density at radius 1 is 0.830 bits per heavy atom. The Labute approximate surface area is 284 Å². The Kier molecular flexibility index (Phi) is 14.3. The number of nitrogens with one attached hydrogen (secondary N) is 3. The summed E-state index contributed by atoms with van der Waals surface area (Å²) in [5.74, 6) is -0.0539. The van der Waals surface area contributed by atoms with Gasteiger partial charge in [-0.2, -0.15) is 0 Å².